The van der Waals surface area contributed by atoms with Crippen molar-refractivity contribution in [2.75, 3.05) is 27.2 Å². The molecule has 1 aromatic carbocycles. The first-order valence-corrected chi connectivity index (χ1v) is 6.57. The molecular weight excluding hydrogens is 243 g/mol. The van der Waals surface area contributed by atoms with Crippen LogP contribution in [-0.4, -0.2) is 32.1 Å². The van der Waals surface area contributed by atoms with Gasteiger partial charge in [0.2, 0.25) is 0 Å². The Morgan fingerprint density at radius 2 is 2.26 bits per heavy atom. The number of rotatable bonds is 3. The fourth-order valence-corrected chi connectivity index (χ4v) is 2.56. The number of nitrogens with zero attached hydrogens (tertiary/aromatic N) is 2. The highest BCUT2D eigenvalue weighted by Gasteiger charge is 2.37. The van der Waals surface area contributed by atoms with Crippen molar-refractivity contribution in [3.63, 3.8) is 0 Å². The Morgan fingerprint density at radius 3 is 2.95 bits per heavy atom. The summed E-state index contributed by atoms with van der Waals surface area (Å²) in [5.41, 5.74) is 0.0624. The summed E-state index contributed by atoms with van der Waals surface area (Å²) < 4.78 is 19.4. The zero-order chi connectivity index (χ0) is 13.9. The lowest BCUT2D eigenvalue weighted by Gasteiger charge is -2.27. The van der Waals surface area contributed by atoms with E-state index in [9.17, 15) is 9.65 Å². The van der Waals surface area contributed by atoms with Crippen LogP contribution >= 0.6 is 0 Å². The third kappa shape index (κ3) is 2.71. The number of nitriles is 1. The van der Waals surface area contributed by atoms with Crippen LogP contribution in [0.1, 0.15) is 24.8 Å². The minimum absolute atomic E-state index is 0.264. The predicted octanol–water partition coefficient (Wildman–Crippen LogP) is 2.71. The van der Waals surface area contributed by atoms with Crippen LogP contribution in [0.15, 0.2) is 18.2 Å². The van der Waals surface area contributed by atoms with Gasteiger partial charge in [0.15, 0.2) is 11.6 Å². The Balaban J connectivity index is 2.44. The molecule has 0 amide bonds. The van der Waals surface area contributed by atoms with Crippen molar-refractivity contribution in [1.29, 1.82) is 5.26 Å². The fourth-order valence-electron chi connectivity index (χ4n) is 2.56. The molecule has 0 spiro atoms. The maximum absolute atomic E-state index is 13.9. The number of hydrogen-bond donors (Lipinski definition) is 0. The monoisotopic (exact) mass is 262 g/mol. The number of halogens is 1. The Hall–Kier alpha value is -1.60. The zero-order valence-corrected chi connectivity index (χ0v) is 11.4. The predicted molar refractivity (Wildman–Crippen MR) is 71.6 cm³/mol. The summed E-state index contributed by atoms with van der Waals surface area (Å²) in [6, 6.07) is 7.29. The van der Waals surface area contributed by atoms with Gasteiger partial charge < -0.3 is 9.64 Å². The quantitative estimate of drug-likeness (QED) is 0.840. The number of ether oxygens (including phenoxy) is 1. The van der Waals surface area contributed by atoms with Gasteiger partial charge in [0.25, 0.3) is 0 Å². The normalized spacial score (nSPS) is 22.3. The van der Waals surface area contributed by atoms with Crippen LogP contribution in [0.4, 0.5) is 4.39 Å². The molecule has 102 valence electrons. The summed E-state index contributed by atoms with van der Waals surface area (Å²) in [4.78, 5) is 2.05. The number of hydrogen-bond acceptors (Lipinski definition) is 3. The van der Waals surface area contributed by atoms with Gasteiger partial charge in [-0.2, -0.15) is 5.26 Å². The number of fused-ring (bicyclic) bond motifs is 1. The topological polar surface area (TPSA) is 36.3 Å². The molecule has 0 saturated heterocycles. The van der Waals surface area contributed by atoms with E-state index in [1.54, 1.807) is 6.07 Å². The summed E-state index contributed by atoms with van der Waals surface area (Å²) in [6.45, 7) is 1.27. The van der Waals surface area contributed by atoms with Gasteiger partial charge in [-0.25, -0.2) is 4.39 Å². The lowest BCUT2D eigenvalue weighted by atomic mass is 9.75. The fraction of sp³-hybridized carbons (Fsp3) is 0.533. The second-order valence-electron chi connectivity index (χ2n) is 5.32. The molecule has 0 N–H and O–H groups in total. The standard InChI is InChI=1S/C15H19FN2O/c1-18(2)9-8-15(11-17)7-4-10-19-14-12(15)5-3-6-13(14)16/h3,5-6H,4,7-10H2,1-2H3. The molecule has 1 aromatic rings. The van der Waals surface area contributed by atoms with E-state index >= 15 is 0 Å². The maximum atomic E-state index is 13.9. The van der Waals surface area contributed by atoms with Gasteiger partial charge in [0, 0.05) is 5.56 Å². The summed E-state index contributed by atoms with van der Waals surface area (Å²) >= 11 is 0. The number of para-hydroxylation sites is 1. The van der Waals surface area contributed by atoms with Crippen molar-refractivity contribution in [2.45, 2.75) is 24.7 Å². The average molecular weight is 262 g/mol. The number of benzene rings is 1. The molecule has 4 heteroatoms. The van der Waals surface area contributed by atoms with Gasteiger partial charge in [0.1, 0.15) is 0 Å². The van der Waals surface area contributed by atoms with Crippen molar-refractivity contribution in [1.82, 2.24) is 4.90 Å². The first-order valence-electron chi connectivity index (χ1n) is 6.57. The molecule has 2 rings (SSSR count). The summed E-state index contributed by atoms with van der Waals surface area (Å²) in [5.74, 6) is -0.107. The first kappa shape index (κ1) is 13.8. The highest BCUT2D eigenvalue weighted by Crippen LogP contribution is 2.41. The average Bonchev–Trinajstić information content (AvgIpc) is 2.58. The lowest BCUT2D eigenvalue weighted by molar-refractivity contribution is 0.298. The van der Waals surface area contributed by atoms with Crippen LogP contribution in [0.5, 0.6) is 5.75 Å². The van der Waals surface area contributed by atoms with Crippen molar-refractivity contribution in [3.8, 4) is 11.8 Å². The van der Waals surface area contributed by atoms with Gasteiger partial charge >= 0.3 is 0 Å². The van der Waals surface area contributed by atoms with Crippen LogP contribution in [0.2, 0.25) is 0 Å². The minimum atomic E-state index is -0.641. The van der Waals surface area contributed by atoms with Crippen molar-refractivity contribution < 1.29 is 9.13 Å². The third-order valence-corrected chi connectivity index (χ3v) is 3.68. The van der Waals surface area contributed by atoms with Crippen LogP contribution in [0.25, 0.3) is 0 Å². The first-order chi connectivity index (χ1) is 9.09. The van der Waals surface area contributed by atoms with E-state index in [1.165, 1.54) is 6.07 Å². The van der Waals surface area contributed by atoms with Crippen LogP contribution in [0, 0.1) is 17.1 Å². The Bertz CT molecular complexity index is 495. The molecule has 1 aliphatic heterocycles. The van der Waals surface area contributed by atoms with Crippen LogP contribution in [0.3, 0.4) is 0 Å². The van der Waals surface area contributed by atoms with E-state index in [1.807, 2.05) is 25.1 Å². The molecule has 1 atom stereocenters. The molecule has 0 aromatic heterocycles. The van der Waals surface area contributed by atoms with E-state index in [2.05, 4.69) is 6.07 Å². The van der Waals surface area contributed by atoms with Gasteiger partial charge in [-0.3, -0.25) is 0 Å². The third-order valence-electron chi connectivity index (χ3n) is 3.68. The molecule has 0 radical (unpaired) electrons. The van der Waals surface area contributed by atoms with Crippen LogP contribution < -0.4 is 4.74 Å². The van der Waals surface area contributed by atoms with E-state index in [-0.39, 0.29) is 11.6 Å². The highest BCUT2D eigenvalue weighted by atomic mass is 19.1. The smallest absolute Gasteiger partial charge is 0.165 e. The van der Waals surface area contributed by atoms with Gasteiger partial charge in [-0.05, 0) is 46.0 Å². The lowest BCUT2D eigenvalue weighted by Crippen LogP contribution is -2.29. The summed E-state index contributed by atoms with van der Waals surface area (Å²) in [5, 5.41) is 9.67. The van der Waals surface area contributed by atoms with Crippen molar-refractivity contribution in [2.24, 2.45) is 0 Å². The molecule has 0 aliphatic carbocycles. The van der Waals surface area contributed by atoms with E-state index in [4.69, 9.17) is 4.74 Å². The van der Waals surface area contributed by atoms with Gasteiger partial charge in [-0.1, -0.05) is 12.1 Å². The second-order valence-corrected chi connectivity index (χ2v) is 5.32. The summed E-state index contributed by atoms with van der Waals surface area (Å²) in [7, 11) is 3.95. The van der Waals surface area contributed by atoms with E-state index < -0.39 is 5.41 Å². The molecule has 0 bridgehead atoms. The largest absolute Gasteiger partial charge is 0.490 e. The molecule has 3 nitrogen and oxygen atoms in total. The van der Waals surface area contributed by atoms with Gasteiger partial charge in [0.05, 0.1) is 18.1 Å². The molecule has 19 heavy (non-hydrogen) atoms. The molecule has 1 aliphatic rings. The highest BCUT2D eigenvalue weighted by molar-refractivity contribution is 5.45. The second kappa shape index (κ2) is 5.58. The molecular formula is C15H19FN2O. The molecule has 1 heterocycles. The Labute approximate surface area is 113 Å². The van der Waals surface area contributed by atoms with E-state index in [0.717, 1.165) is 13.0 Å². The van der Waals surface area contributed by atoms with E-state index in [0.29, 0.717) is 25.0 Å². The van der Waals surface area contributed by atoms with Gasteiger partial charge in [-0.15, -0.1) is 0 Å². The Kier molecular flexibility index (Phi) is 4.06. The molecule has 1 unspecified atom stereocenters. The minimum Gasteiger partial charge on any atom is -0.490 e. The Morgan fingerprint density at radius 1 is 1.47 bits per heavy atom. The zero-order valence-electron chi connectivity index (χ0n) is 11.4. The summed E-state index contributed by atoms with van der Waals surface area (Å²) in [6.07, 6.45) is 2.18. The molecule has 0 saturated carbocycles. The SMILES string of the molecule is CN(C)CCC1(C#N)CCCOc2c(F)cccc21. The van der Waals surface area contributed by atoms with Crippen LogP contribution in [-0.2, 0) is 5.41 Å². The molecule has 0 fully saturated rings. The van der Waals surface area contributed by atoms with Crippen molar-refractivity contribution >= 4 is 0 Å². The van der Waals surface area contributed by atoms with Crippen molar-refractivity contribution in [3.05, 3.63) is 29.6 Å². The maximum Gasteiger partial charge on any atom is 0.165 e.